The second-order valence-corrected chi connectivity index (χ2v) is 5.51. The molecule has 0 heterocycles. The van der Waals surface area contributed by atoms with Gasteiger partial charge >= 0.3 is 11.9 Å². The van der Waals surface area contributed by atoms with Crippen LogP contribution in [0.25, 0.3) is 0 Å². The highest BCUT2D eigenvalue weighted by Gasteiger charge is 2.18. The molecule has 0 N–H and O–H groups in total. The van der Waals surface area contributed by atoms with Crippen molar-refractivity contribution in [1.82, 2.24) is 0 Å². The van der Waals surface area contributed by atoms with Gasteiger partial charge in [-0.15, -0.1) is 0 Å². The topological polar surface area (TPSA) is 61.8 Å². The number of benzene rings is 2. The first kappa shape index (κ1) is 17.0. The molecular weight excluding hydrogens is 364 g/mol. The van der Waals surface area contributed by atoms with E-state index in [2.05, 4.69) is 15.9 Å². The van der Waals surface area contributed by atoms with E-state index in [9.17, 15) is 9.59 Å². The predicted molar refractivity (Wildman–Crippen MR) is 86.7 cm³/mol. The molecule has 120 valence electrons. The summed E-state index contributed by atoms with van der Waals surface area (Å²) < 4.78 is 15.9. The van der Waals surface area contributed by atoms with Gasteiger partial charge in [-0.3, -0.25) is 0 Å². The lowest BCUT2D eigenvalue weighted by Gasteiger charge is -2.09. The molecule has 0 aliphatic heterocycles. The van der Waals surface area contributed by atoms with Gasteiger partial charge < -0.3 is 14.2 Å². The minimum atomic E-state index is -1.03. The Balaban J connectivity index is 1.83. The largest absolute Gasteiger partial charge is 0.496 e. The Kier molecular flexibility index (Phi) is 6.17. The van der Waals surface area contributed by atoms with E-state index in [1.807, 2.05) is 12.1 Å². The van der Waals surface area contributed by atoms with Crippen LogP contribution in [0, 0.1) is 0 Å². The summed E-state index contributed by atoms with van der Waals surface area (Å²) in [6.07, 6.45) is 0. The number of esters is 2. The summed E-state index contributed by atoms with van der Waals surface area (Å²) in [6.45, 7) is -0.0495. The second kappa shape index (κ2) is 8.33. The zero-order chi connectivity index (χ0) is 16.7. The Hall–Kier alpha value is -2.34. The number of halogens is 1. The number of carbonyl (C=O) groups excluding carboxylic acids is 2. The van der Waals surface area contributed by atoms with Crippen molar-refractivity contribution >= 4 is 27.9 Å². The van der Waals surface area contributed by atoms with Gasteiger partial charge in [-0.05, 0) is 23.8 Å². The number of hydrogen-bond acceptors (Lipinski definition) is 5. The molecule has 0 fully saturated rings. The van der Waals surface area contributed by atoms with Crippen LogP contribution >= 0.6 is 15.9 Å². The molecule has 0 atom stereocenters. The van der Waals surface area contributed by atoms with Gasteiger partial charge in [0.25, 0.3) is 0 Å². The summed E-state index contributed by atoms with van der Waals surface area (Å²) in [5.41, 5.74) is 1.45. The van der Waals surface area contributed by atoms with Crippen LogP contribution in [0.5, 0.6) is 5.75 Å². The molecule has 0 radical (unpaired) electrons. The van der Waals surface area contributed by atoms with E-state index in [0.29, 0.717) is 11.3 Å². The monoisotopic (exact) mass is 378 g/mol. The molecule has 2 rings (SSSR count). The molecule has 0 unspecified atom stereocenters. The fraction of sp³-hybridized carbons (Fsp3) is 0.176. The quantitative estimate of drug-likeness (QED) is 0.590. The normalized spacial score (nSPS) is 10.0. The second-order valence-electron chi connectivity index (χ2n) is 4.59. The number of carbonyl (C=O) groups is 2. The predicted octanol–water partition coefficient (Wildman–Crippen LogP) is 3.24. The van der Waals surface area contributed by atoms with Crippen LogP contribution in [0.1, 0.15) is 11.1 Å². The fourth-order valence-corrected chi connectivity index (χ4v) is 2.08. The van der Waals surface area contributed by atoms with Gasteiger partial charge in [0.1, 0.15) is 19.0 Å². The van der Waals surface area contributed by atoms with Gasteiger partial charge in [0, 0.05) is 10.0 Å². The Bertz CT molecular complexity index is 682. The highest BCUT2D eigenvalue weighted by Crippen LogP contribution is 2.18. The van der Waals surface area contributed by atoms with E-state index in [1.165, 1.54) is 7.11 Å². The van der Waals surface area contributed by atoms with Gasteiger partial charge in [-0.2, -0.15) is 0 Å². The highest BCUT2D eigenvalue weighted by molar-refractivity contribution is 9.10. The fourth-order valence-electron chi connectivity index (χ4n) is 1.81. The van der Waals surface area contributed by atoms with Crippen LogP contribution in [0.4, 0.5) is 0 Å². The van der Waals surface area contributed by atoms with Gasteiger partial charge in [-0.1, -0.05) is 46.3 Å². The lowest BCUT2D eigenvalue weighted by Crippen LogP contribution is -2.20. The Morgan fingerprint density at radius 2 is 1.52 bits per heavy atom. The Morgan fingerprint density at radius 3 is 2.17 bits per heavy atom. The summed E-state index contributed by atoms with van der Waals surface area (Å²) in [7, 11) is 1.52. The molecule has 2 aromatic rings. The summed E-state index contributed by atoms with van der Waals surface area (Å²) in [4.78, 5) is 23.3. The number of para-hydroxylation sites is 1. The van der Waals surface area contributed by atoms with Crippen molar-refractivity contribution in [1.29, 1.82) is 0 Å². The van der Waals surface area contributed by atoms with Gasteiger partial charge in [0.2, 0.25) is 0 Å². The molecule has 23 heavy (non-hydrogen) atoms. The molecule has 0 saturated carbocycles. The van der Waals surface area contributed by atoms with Crippen molar-refractivity contribution in [3.63, 3.8) is 0 Å². The number of ether oxygens (including phenoxy) is 3. The number of methoxy groups -OCH3 is 1. The summed E-state index contributed by atoms with van der Waals surface area (Å²) in [6, 6.07) is 14.3. The molecule has 0 saturated heterocycles. The van der Waals surface area contributed by atoms with Crippen molar-refractivity contribution in [3.05, 3.63) is 64.1 Å². The van der Waals surface area contributed by atoms with Crippen LogP contribution in [0.3, 0.4) is 0 Å². The average molecular weight is 379 g/mol. The Morgan fingerprint density at radius 1 is 0.913 bits per heavy atom. The van der Waals surface area contributed by atoms with E-state index in [1.54, 1.807) is 36.4 Å². The molecule has 0 aliphatic carbocycles. The summed E-state index contributed by atoms with van der Waals surface area (Å²) >= 11 is 3.31. The first-order chi connectivity index (χ1) is 11.1. The van der Waals surface area contributed by atoms with E-state index < -0.39 is 11.9 Å². The van der Waals surface area contributed by atoms with Crippen LogP contribution in [0.15, 0.2) is 53.0 Å². The van der Waals surface area contributed by atoms with E-state index >= 15 is 0 Å². The summed E-state index contributed by atoms with van der Waals surface area (Å²) in [5.74, 6) is -1.47. The van der Waals surface area contributed by atoms with E-state index in [0.717, 1.165) is 10.0 Å². The minimum Gasteiger partial charge on any atom is -0.496 e. The molecule has 2 aromatic carbocycles. The molecule has 0 aliphatic rings. The molecule has 0 amide bonds. The van der Waals surface area contributed by atoms with Crippen LogP contribution in [-0.4, -0.2) is 19.0 Å². The van der Waals surface area contributed by atoms with Crippen molar-refractivity contribution in [2.75, 3.05) is 7.11 Å². The van der Waals surface area contributed by atoms with E-state index in [4.69, 9.17) is 14.2 Å². The van der Waals surface area contributed by atoms with Gasteiger partial charge in [-0.25, -0.2) is 9.59 Å². The van der Waals surface area contributed by atoms with Gasteiger partial charge in [0.15, 0.2) is 0 Å². The number of rotatable bonds is 5. The zero-order valence-corrected chi connectivity index (χ0v) is 14.0. The average Bonchev–Trinajstić information content (AvgIpc) is 2.59. The smallest absolute Gasteiger partial charge is 0.417 e. The standard InChI is InChI=1S/C17H15BrO5/c1-21-15-5-3-2-4-13(15)11-23-17(20)16(19)22-10-12-6-8-14(18)9-7-12/h2-9H,10-11H2,1H3. The SMILES string of the molecule is COc1ccccc1COC(=O)C(=O)OCc1ccc(Br)cc1. The van der Waals surface area contributed by atoms with Crippen molar-refractivity contribution < 1.29 is 23.8 Å². The van der Waals surface area contributed by atoms with Crippen molar-refractivity contribution in [2.24, 2.45) is 0 Å². The third kappa shape index (κ3) is 5.10. The van der Waals surface area contributed by atoms with Gasteiger partial charge in [0.05, 0.1) is 7.11 Å². The van der Waals surface area contributed by atoms with E-state index in [-0.39, 0.29) is 13.2 Å². The number of hydrogen-bond donors (Lipinski definition) is 0. The molecule has 0 bridgehead atoms. The van der Waals surface area contributed by atoms with Crippen LogP contribution in [0.2, 0.25) is 0 Å². The first-order valence-electron chi connectivity index (χ1n) is 6.80. The molecule has 0 aromatic heterocycles. The van der Waals surface area contributed by atoms with Crippen LogP contribution in [-0.2, 0) is 32.3 Å². The lowest BCUT2D eigenvalue weighted by molar-refractivity contribution is -0.169. The Labute approximate surface area is 142 Å². The van der Waals surface area contributed by atoms with Crippen molar-refractivity contribution in [2.45, 2.75) is 13.2 Å². The molecule has 5 nitrogen and oxygen atoms in total. The molecule has 0 spiro atoms. The van der Waals surface area contributed by atoms with Crippen LogP contribution < -0.4 is 4.74 Å². The zero-order valence-electron chi connectivity index (χ0n) is 12.5. The molecule has 6 heteroatoms. The summed E-state index contributed by atoms with van der Waals surface area (Å²) in [5, 5.41) is 0. The maximum atomic E-state index is 11.6. The lowest BCUT2D eigenvalue weighted by atomic mass is 10.2. The maximum absolute atomic E-state index is 11.6. The third-order valence-corrected chi connectivity index (χ3v) is 3.53. The minimum absolute atomic E-state index is 0.00979. The third-order valence-electron chi connectivity index (χ3n) is 3.00. The highest BCUT2D eigenvalue weighted by atomic mass is 79.9. The van der Waals surface area contributed by atoms with Crippen molar-refractivity contribution in [3.8, 4) is 5.75 Å². The first-order valence-corrected chi connectivity index (χ1v) is 7.59. The molecular formula is C17H15BrO5. The maximum Gasteiger partial charge on any atom is 0.417 e.